The molecule has 0 atom stereocenters. The largest absolute Gasteiger partial charge is 0.435 e. The fraction of sp³-hybridized carbons (Fsp3) is 0.308. The molecule has 0 fully saturated rings. The predicted octanol–water partition coefficient (Wildman–Crippen LogP) is 2.67. The number of nitrogens with one attached hydrogen (secondary N) is 1. The average molecular weight is 368 g/mol. The molecule has 0 radical (unpaired) electrons. The van der Waals surface area contributed by atoms with Gasteiger partial charge in [-0.25, -0.2) is 13.1 Å². The zero-order valence-electron chi connectivity index (χ0n) is 11.7. The fourth-order valence-corrected chi connectivity index (χ4v) is 3.07. The average Bonchev–Trinajstić information content (AvgIpc) is 2.90. The third-order valence-electron chi connectivity index (χ3n) is 2.86. The molecule has 5 nitrogen and oxygen atoms in total. The lowest BCUT2D eigenvalue weighted by molar-refractivity contribution is -0.141. The summed E-state index contributed by atoms with van der Waals surface area (Å²) in [6.07, 6.45) is -3.37. The Morgan fingerprint density at radius 1 is 1.17 bits per heavy atom. The van der Waals surface area contributed by atoms with Crippen LogP contribution < -0.4 is 4.72 Å². The molecule has 0 aliphatic carbocycles. The monoisotopic (exact) mass is 367 g/mol. The summed E-state index contributed by atoms with van der Waals surface area (Å²) in [5.74, 6) is -0.239. The van der Waals surface area contributed by atoms with Crippen molar-refractivity contribution in [2.45, 2.75) is 18.5 Å². The van der Waals surface area contributed by atoms with Crippen LogP contribution in [-0.2, 0) is 28.5 Å². The van der Waals surface area contributed by atoms with Crippen molar-refractivity contribution in [2.24, 2.45) is 0 Å². The third kappa shape index (κ3) is 5.52. The van der Waals surface area contributed by atoms with Gasteiger partial charge in [0.25, 0.3) is 0 Å². The number of hydrogen-bond acceptors (Lipinski definition) is 3. The predicted molar refractivity (Wildman–Crippen MR) is 79.3 cm³/mol. The second-order valence-corrected chi connectivity index (χ2v) is 6.98. The Kier molecular flexibility index (Phi) is 5.33. The SMILES string of the molecule is O=S(=O)(Cc1ccc(Cl)cc1)NCCn1ccc(C(F)(F)F)n1. The Labute approximate surface area is 136 Å². The van der Waals surface area contributed by atoms with Crippen LogP contribution in [0, 0.1) is 0 Å². The molecule has 1 aromatic carbocycles. The van der Waals surface area contributed by atoms with Crippen LogP contribution in [-0.4, -0.2) is 24.7 Å². The lowest BCUT2D eigenvalue weighted by Gasteiger charge is -2.07. The molecule has 1 aromatic heterocycles. The highest BCUT2D eigenvalue weighted by Gasteiger charge is 2.33. The Hall–Kier alpha value is -1.58. The lowest BCUT2D eigenvalue weighted by Crippen LogP contribution is -2.28. The summed E-state index contributed by atoms with van der Waals surface area (Å²) in [6.45, 7) is -0.0647. The van der Waals surface area contributed by atoms with E-state index in [9.17, 15) is 21.6 Å². The van der Waals surface area contributed by atoms with E-state index in [1.165, 1.54) is 0 Å². The van der Waals surface area contributed by atoms with Gasteiger partial charge in [0.15, 0.2) is 5.69 Å². The van der Waals surface area contributed by atoms with E-state index in [4.69, 9.17) is 11.6 Å². The number of aromatic nitrogens is 2. The van der Waals surface area contributed by atoms with Crippen molar-refractivity contribution in [3.63, 3.8) is 0 Å². The quantitative estimate of drug-likeness (QED) is 0.853. The van der Waals surface area contributed by atoms with E-state index < -0.39 is 21.9 Å². The Morgan fingerprint density at radius 3 is 2.39 bits per heavy atom. The summed E-state index contributed by atoms with van der Waals surface area (Å²) < 4.78 is 64.3. The molecule has 23 heavy (non-hydrogen) atoms. The molecule has 1 heterocycles. The molecule has 0 unspecified atom stereocenters. The third-order valence-corrected chi connectivity index (χ3v) is 4.47. The number of rotatable bonds is 6. The van der Waals surface area contributed by atoms with Crippen molar-refractivity contribution in [3.8, 4) is 0 Å². The normalized spacial score (nSPS) is 12.5. The maximum absolute atomic E-state index is 12.4. The van der Waals surface area contributed by atoms with Crippen molar-refractivity contribution in [3.05, 3.63) is 52.8 Å². The maximum atomic E-state index is 12.4. The number of benzene rings is 1. The minimum absolute atomic E-state index is 0.00404. The van der Waals surface area contributed by atoms with Crippen molar-refractivity contribution in [1.82, 2.24) is 14.5 Å². The van der Waals surface area contributed by atoms with E-state index in [-0.39, 0.29) is 18.8 Å². The lowest BCUT2D eigenvalue weighted by atomic mass is 10.2. The molecule has 2 aromatic rings. The number of alkyl halides is 3. The Balaban J connectivity index is 1.87. The van der Waals surface area contributed by atoms with Crippen molar-refractivity contribution in [1.29, 1.82) is 0 Å². The summed E-state index contributed by atoms with van der Waals surface area (Å²) in [7, 11) is -3.60. The van der Waals surface area contributed by atoms with Crippen LogP contribution in [0.5, 0.6) is 0 Å². The molecule has 1 N–H and O–H groups in total. The summed E-state index contributed by atoms with van der Waals surface area (Å²) >= 11 is 5.71. The summed E-state index contributed by atoms with van der Waals surface area (Å²) in [6, 6.07) is 7.17. The van der Waals surface area contributed by atoms with Gasteiger partial charge in [-0.05, 0) is 23.8 Å². The number of sulfonamides is 1. The first-order chi connectivity index (χ1) is 10.7. The van der Waals surface area contributed by atoms with Crippen molar-refractivity contribution >= 4 is 21.6 Å². The Bertz CT molecular complexity index is 758. The topological polar surface area (TPSA) is 64.0 Å². The molecule has 0 aliphatic heterocycles. The van der Waals surface area contributed by atoms with E-state index in [1.54, 1.807) is 24.3 Å². The smallest absolute Gasteiger partial charge is 0.271 e. The summed E-state index contributed by atoms with van der Waals surface area (Å²) in [5, 5.41) is 3.84. The first kappa shape index (κ1) is 17.8. The van der Waals surface area contributed by atoms with Crippen LogP contribution in [0.25, 0.3) is 0 Å². The minimum Gasteiger partial charge on any atom is -0.271 e. The zero-order valence-corrected chi connectivity index (χ0v) is 13.3. The minimum atomic E-state index is -4.51. The highest BCUT2D eigenvalue weighted by atomic mass is 35.5. The van der Waals surface area contributed by atoms with Crippen molar-refractivity contribution < 1.29 is 21.6 Å². The van der Waals surface area contributed by atoms with E-state index in [1.807, 2.05) is 0 Å². The highest BCUT2D eigenvalue weighted by Crippen LogP contribution is 2.27. The van der Waals surface area contributed by atoms with Gasteiger partial charge in [0.2, 0.25) is 10.0 Å². The second-order valence-electron chi connectivity index (χ2n) is 4.74. The van der Waals surface area contributed by atoms with Gasteiger partial charge in [-0.3, -0.25) is 4.68 Å². The first-order valence-electron chi connectivity index (χ1n) is 6.48. The van der Waals surface area contributed by atoms with Crippen LogP contribution in [0.2, 0.25) is 5.02 Å². The van der Waals surface area contributed by atoms with E-state index in [2.05, 4.69) is 9.82 Å². The van der Waals surface area contributed by atoms with E-state index in [0.29, 0.717) is 10.6 Å². The van der Waals surface area contributed by atoms with Gasteiger partial charge in [0.05, 0.1) is 12.3 Å². The van der Waals surface area contributed by atoms with Gasteiger partial charge in [-0.1, -0.05) is 23.7 Å². The molecule has 0 saturated heterocycles. The van der Waals surface area contributed by atoms with Crippen LogP contribution >= 0.6 is 11.6 Å². The van der Waals surface area contributed by atoms with E-state index >= 15 is 0 Å². The van der Waals surface area contributed by atoms with Gasteiger partial charge >= 0.3 is 6.18 Å². The zero-order chi connectivity index (χ0) is 17.1. The number of halogens is 4. The van der Waals surface area contributed by atoms with Crippen LogP contribution in [0.1, 0.15) is 11.3 Å². The highest BCUT2D eigenvalue weighted by molar-refractivity contribution is 7.88. The van der Waals surface area contributed by atoms with E-state index in [0.717, 1.165) is 16.9 Å². The van der Waals surface area contributed by atoms with Gasteiger partial charge in [0, 0.05) is 17.8 Å². The van der Waals surface area contributed by atoms with Gasteiger partial charge in [-0.15, -0.1) is 0 Å². The maximum Gasteiger partial charge on any atom is 0.435 e. The number of hydrogen-bond donors (Lipinski definition) is 1. The summed E-state index contributed by atoms with van der Waals surface area (Å²) in [4.78, 5) is 0. The van der Waals surface area contributed by atoms with Gasteiger partial charge in [-0.2, -0.15) is 18.3 Å². The summed E-state index contributed by atoms with van der Waals surface area (Å²) in [5.41, 5.74) is -0.457. The number of nitrogens with zero attached hydrogens (tertiary/aromatic N) is 2. The van der Waals surface area contributed by atoms with Gasteiger partial charge < -0.3 is 0 Å². The van der Waals surface area contributed by atoms with Crippen LogP contribution in [0.15, 0.2) is 36.5 Å². The standard InChI is InChI=1S/C13H13ClF3N3O2S/c14-11-3-1-10(2-4-11)9-23(21,22)18-6-8-20-7-5-12(19-20)13(15,16)17/h1-5,7,18H,6,8-9H2. The molecule has 10 heteroatoms. The van der Waals surface area contributed by atoms with Crippen molar-refractivity contribution in [2.75, 3.05) is 6.54 Å². The first-order valence-corrected chi connectivity index (χ1v) is 8.51. The fourth-order valence-electron chi connectivity index (χ4n) is 1.80. The molecule has 0 saturated carbocycles. The molecule has 0 amide bonds. The molecule has 0 bridgehead atoms. The second kappa shape index (κ2) is 6.90. The molecular formula is C13H13ClF3N3O2S. The molecule has 126 valence electrons. The Morgan fingerprint density at radius 2 is 1.83 bits per heavy atom. The molecular weight excluding hydrogens is 355 g/mol. The van der Waals surface area contributed by atoms with Crippen LogP contribution in [0.4, 0.5) is 13.2 Å². The molecule has 0 spiro atoms. The van der Waals surface area contributed by atoms with Crippen LogP contribution in [0.3, 0.4) is 0 Å². The van der Waals surface area contributed by atoms with Gasteiger partial charge in [0.1, 0.15) is 0 Å². The molecule has 0 aliphatic rings. The molecule has 2 rings (SSSR count).